The van der Waals surface area contributed by atoms with Crippen LogP contribution >= 0.6 is 0 Å². The number of rotatable bonds is 5. The van der Waals surface area contributed by atoms with Gasteiger partial charge in [0, 0.05) is 25.2 Å². The number of aromatic nitrogens is 2. The van der Waals surface area contributed by atoms with Crippen molar-refractivity contribution in [1.82, 2.24) is 14.7 Å². The number of benzene rings is 1. The zero-order valence-corrected chi connectivity index (χ0v) is 14.4. The van der Waals surface area contributed by atoms with Crippen LogP contribution in [0.5, 0.6) is 0 Å². The van der Waals surface area contributed by atoms with E-state index < -0.39 is 0 Å². The second-order valence-corrected chi connectivity index (χ2v) is 6.39. The molecule has 1 fully saturated rings. The maximum absolute atomic E-state index is 12.7. The average molecular weight is 351 g/mol. The summed E-state index contributed by atoms with van der Waals surface area (Å²) < 4.78 is 13.4. The van der Waals surface area contributed by atoms with Crippen molar-refractivity contribution < 1.29 is 14.3 Å². The number of carbonyl (C=O) groups is 1. The highest BCUT2D eigenvalue weighted by molar-refractivity contribution is 5.94. The third-order valence-electron chi connectivity index (χ3n) is 4.58. The van der Waals surface area contributed by atoms with Gasteiger partial charge in [0.05, 0.1) is 24.8 Å². The van der Waals surface area contributed by atoms with Gasteiger partial charge in [-0.15, -0.1) is 0 Å². The van der Waals surface area contributed by atoms with E-state index in [4.69, 9.17) is 9.47 Å². The summed E-state index contributed by atoms with van der Waals surface area (Å²) >= 11 is 0. The van der Waals surface area contributed by atoms with Gasteiger partial charge in [0.15, 0.2) is 0 Å². The first kappa shape index (κ1) is 16.8. The van der Waals surface area contributed by atoms with Gasteiger partial charge in [-0.2, -0.15) is 0 Å². The highest BCUT2D eigenvalue weighted by atomic mass is 16.5. The van der Waals surface area contributed by atoms with Gasteiger partial charge in [0.2, 0.25) is 0 Å². The number of ether oxygens (including phenoxy) is 2. The summed E-state index contributed by atoms with van der Waals surface area (Å²) in [5.41, 5.74) is 2.52. The fraction of sp³-hybridized carbons (Fsp3) is 0.300. The van der Waals surface area contributed by atoms with Crippen LogP contribution in [0.4, 0.5) is 0 Å². The number of hydrogen-bond acceptors (Lipinski definition) is 4. The Morgan fingerprint density at radius 2 is 2.15 bits per heavy atom. The Bertz CT molecular complexity index is 878. The Labute approximate surface area is 151 Å². The lowest BCUT2D eigenvalue weighted by Crippen LogP contribution is -2.50. The molecule has 1 aliphatic rings. The molecule has 3 aromatic rings. The zero-order valence-electron chi connectivity index (χ0n) is 14.4. The quantitative estimate of drug-likeness (QED) is 0.767. The number of carbonyl (C=O) groups excluding carboxylic acids is 1. The van der Waals surface area contributed by atoms with Gasteiger partial charge in [0.25, 0.3) is 5.91 Å². The monoisotopic (exact) mass is 351 g/mol. The summed E-state index contributed by atoms with van der Waals surface area (Å²) in [6.45, 7) is 1.61. The molecule has 1 aromatic carbocycles. The number of nitrogens with zero attached hydrogens (tertiary/aromatic N) is 2. The first-order valence-corrected chi connectivity index (χ1v) is 8.76. The van der Waals surface area contributed by atoms with E-state index in [1.165, 1.54) is 0 Å². The molecule has 0 spiro atoms. The zero-order chi connectivity index (χ0) is 17.8. The first-order valence-electron chi connectivity index (χ1n) is 8.76. The molecule has 2 aromatic heterocycles. The standard InChI is InChI=1S/C20H21N3O3/c24-20(16-6-7-19-21-9-10-23(19)12-16)22-17-8-11-25-14-18(17)26-13-15-4-2-1-3-5-15/h1-7,9-10,12,17-18H,8,11,13-14H2,(H,22,24)/t17-,18-/m1/s1. The van der Waals surface area contributed by atoms with Crippen molar-refractivity contribution in [3.05, 3.63) is 72.2 Å². The second-order valence-electron chi connectivity index (χ2n) is 6.39. The molecule has 0 radical (unpaired) electrons. The normalized spacial score (nSPS) is 20.2. The molecule has 1 amide bonds. The summed E-state index contributed by atoms with van der Waals surface area (Å²) in [5, 5.41) is 3.10. The van der Waals surface area contributed by atoms with Crippen LogP contribution in [0.15, 0.2) is 61.1 Å². The number of amides is 1. The summed E-state index contributed by atoms with van der Waals surface area (Å²) in [6.07, 6.45) is 5.90. The molecule has 4 rings (SSSR count). The Morgan fingerprint density at radius 1 is 1.27 bits per heavy atom. The highest BCUT2D eigenvalue weighted by Crippen LogP contribution is 2.15. The molecule has 1 aliphatic heterocycles. The van der Waals surface area contributed by atoms with Crippen LogP contribution in [-0.2, 0) is 16.1 Å². The summed E-state index contributed by atoms with van der Waals surface area (Å²) in [6, 6.07) is 13.6. The SMILES string of the molecule is O=C(N[C@@H]1CCOC[C@H]1OCc1ccccc1)c1ccc2nccn2c1. The number of imidazole rings is 1. The van der Waals surface area contributed by atoms with Gasteiger partial charge in [-0.05, 0) is 24.1 Å². The molecular weight excluding hydrogens is 330 g/mol. The van der Waals surface area contributed by atoms with Crippen molar-refractivity contribution in [2.24, 2.45) is 0 Å². The van der Waals surface area contributed by atoms with E-state index in [0.29, 0.717) is 25.4 Å². The van der Waals surface area contributed by atoms with E-state index in [-0.39, 0.29) is 18.1 Å². The fourth-order valence-corrected chi connectivity index (χ4v) is 3.12. The third kappa shape index (κ3) is 3.76. The minimum absolute atomic E-state index is 0.0709. The molecule has 1 N–H and O–H groups in total. The molecule has 6 nitrogen and oxygen atoms in total. The van der Waals surface area contributed by atoms with E-state index in [0.717, 1.165) is 17.6 Å². The van der Waals surface area contributed by atoms with E-state index in [2.05, 4.69) is 10.3 Å². The lowest BCUT2D eigenvalue weighted by atomic mass is 10.1. The maximum atomic E-state index is 12.7. The number of pyridine rings is 1. The van der Waals surface area contributed by atoms with Crippen molar-refractivity contribution in [3.8, 4) is 0 Å². The van der Waals surface area contributed by atoms with Crippen molar-refractivity contribution >= 4 is 11.6 Å². The second kappa shape index (κ2) is 7.68. The van der Waals surface area contributed by atoms with Gasteiger partial charge in [-0.3, -0.25) is 4.79 Å². The molecule has 0 unspecified atom stereocenters. The molecule has 134 valence electrons. The molecular formula is C20H21N3O3. The van der Waals surface area contributed by atoms with Crippen LogP contribution in [0.3, 0.4) is 0 Å². The molecule has 0 aliphatic carbocycles. The van der Waals surface area contributed by atoms with Crippen molar-refractivity contribution in [1.29, 1.82) is 0 Å². The third-order valence-corrected chi connectivity index (χ3v) is 4.58. The van der Waals surface area contributed by atoms with E-state index in [1.807, 2.05) is 47.0 Å². The molecule has 0 bridgehead atoms. The summed E-state index contributed by atoms with van der Waals surface area (Å²) in [7, 11) is 0. The topological polar surface area (TPSA) is 64.9 Å². The van der Waals surface area contributed by atoms with Crippen LogP contribution < -0.4 is 5.32 Å². The van der Waals surface area contributed by atoms with E-state index >= 15 is 0 Å². The van der Waals surface area contributed by atoms with Crippen molar-refractivity contribution in [2.45, 2.75) is 25.2 Å². The fourth-order valence-electron chi connectivity index (χ4n) is 3.12. The minimum atomic E-state index is -0.162. The Morgan fingerprint density at radius 3 is 3.04 bits per heavy atom. The van der Waals surface area contributed by atoms with Crippen molar-refractivity contribution in [2.75, 3.05) is 13.2 Å². The minimum Gasteiger partial charge on any atom is -0.379 e. The van der Waals surface area contributed by atoms with Crippen molar-refractivity contribution in [3.63, 3.8) is 0 Å². The lowest BCUT2D eigenvalue weighted by Gasteiger charge is -2.32. The van der Waals surface area contributed by atoms with Gasteiger partial charge >= 0.3 is 0 Å². The largest absolute Gasteiger partial charge is 0.379 e. The molecule has 3 heterocycles. The van der Waals surface area contributed by atoms with Crippen LogP contribution in [0, 0.1) is 0 Å². The van der Waals surface area contributed by atoms with Gasteiger partial charge < -0.3 is 19.2 Å². The molecule has 6 heteroatoms. The first-order chi connectivity index (χ1) is 12.8. The Kier molecular flexibility index (Phi) is 4.95. The molecule has 2 atom stereocenters. The predicted octanol–water partition coefficient (Wildman–Crippen LogP) is 2.44. The maximum Gasteiger partial charge on any atom is 0.253 e. The predicted molar refractivity (Wildman–Crippen MR) is 96.9 cm³/mol. The number of nitrogens with one attached hydrogen (secondary N) is 1. The van der Waals surface area contributed by atoms with Crippen LogP contribution in [0.25, 0.3) is 5.65 Å². The van der Waals surface area contributed by atoms with Crippen LogP contribution in [0.1, 0.15) is 22.3 Å². The lowest BCUT2D eigenvalue weighted by molar-refractivity contribution is -0.0736. The highest BCUT2D eigenvalue weighted by Gasteiger charge is 2.28. The van der Waals surface area contributed by atoms with Gasteiger partial charge in [-0.1, -0.05) is 30.3 Å². The van der Waals surface area contributed by atoms with Gasteiger partial charge in [-0.25, -0.2) is 4.98 Å². The smallest absolute Gasteiger partial charge is 0.253 e. The number of hydrogen-bond donors (Lipinski definition) is 1. The molecule has 1 saturated heterocycles. The van der Waals surface area contributed by atoms with Crippen LogP contribution in [0.2, 0.25) is 0 Å². The Hall–Kier alpha value is -2.70. The van der Waals surface area contributed by atoms with Gasteiger partial charge in [0.1, 0.15) is 11.8 Å². The van der Waals surface area contributed by atoms with Crippen LogP contribution in [-0.4, -0.2) is 40.7 Å². The summed E-state index contributed by atoms with van der Waals surface area (Å²) in [5.74, 6) is -0.110. The molecule has 26 heavy (non-hydrogen) atoms. The van der Waals surface area contributed by atoms with E-state index in [1.54, 1.807) is 18.5 Å². The Balaban J connectivity index is 1.41. The number of fused-ring (bicyclic) bond motifs is 1. The average Bonchev–Trinajstić information content (AvgIpc) is 3.16. The summed E-state index contributed by atoms with van der Waals surface area (Å²) in [4.78, 5) is 16.9. The molecule has 0 saturated carbocycles. The van der Waals surface area contributed by atoms with E-state index in [9.17, 15) is 4.79 Å².